The summed E-state index contributed by atoms with van der Waals surface area (Å²) in [7, 11) is 0. The van der Waals surface area contributed by atoms with Gasteiger partial charge in [-0.25, -0.2) is 4.39 Å². The lowest BCUT2D eigenvalue weighted by Gasteiger charge is -2.15. The smallest absolute Gasteiger partial charge is 0.260 e. The van der Waals surface area contributed by atoms with Crippen LogP contribution in [0.15, 0.2) is 42.5 Å². The Kier molecular flexibility index (Phi) is 7.88. The number of hydrogen-bond donors (Lipinski definition) is 1. The summed E-state index contributed by atoms with van der Waals surface area (Å²) in [6, 6.07) is 11.5. The van der Waals surface area contributed by atoms with Crippen LogP contribution >= 0.6 is 35.0 Å². The number of amides is 1. The standard InChI is InChI=1S/C18H18Cl2FNO2S/c1-12(24-14-5-2-4-13(19)10-14)18(23)22-8-9-25-11-15-16(20)6-3-7-17(15)21/h2-7,10,12H,8-9,11H2,1H3,(H,22,23)/t12-/m0/s1. The Bertz CT molecular complexity index is 710. The summed E-state index contributed by atoms with van der Waals surface area (Å²) in [6.45, 7) is 2.13. The van der Waals surface area contributed by atoms with Crippen molar-refractivity contribution in [1.82, 2.24) is 5.32 Å². The van der Waals surface area contributed by atoms with Crippen LogP contribution in [0, 0.1) is 5.82 Å². The number of hydrogen-bond acceptors (Lipinski definition) is 3. The van der Waals surface area contributed by atoms with E-state index in [1.54, 1.807) is 43.3 Å². The second-order valence-electron chi connectivity index (χ2n) is 5.26. The van der Waals surface area contributed by atoms with E-state index in [2.05, 4.69) is 5.32 Å². The topological polar surface area (TPSA) is 38.3 Å². The summed E-state index contributed by atoms with van der Waals surface area (Å²) in [5.74, 6) is 1.10. The molecule has 1 N–H and O–H groups in total. The Morgan fingerprint density at radius 1 is 1.28 bits per heavy atom. The van der Waals surface area contributed by atoms with Gasteiger partial charge >= 0.3 is 0 Å². The molecule has 0 radical (unpaired) electrons. The van der Waals surface area contributed by atoms with Gasteiger partial charge in [0.1, 0.15) is 11.6 Å². The van der Waals surface area contributed by atoms with E-state index in [1.807, 2.05) is 0 Å². The third-order valence-electron chi connectivity index (χ3n) is 3.33. The van der Waals surface area contributed by atoms with Crippen molar-refractivity contribution < 1.29 is 13.9 Å². The molecule has 3 nitrogen and oxygen atoms in total. The van der Waals surface area contributed by atoms with Crippen molar-refractivity contribution in [1.29, 1.82) is 0 Å². The zero-order valence-electron chi connectivity index (χ0n) is 13.6. The fraction of sp³-hybridized carbons (Fsp3) is 0.278. The minimum absolute atomic E-state index is 0.218. The molecular weight excluding hydrogens is 384 g/mol. The number of benzene rings is 2. The van der Waals surface area contributed by atoms with Crippen molar-refractivity contribution in [2.24, 2.45) is 0 Å². The molecule has 0 saturated carbocycles. The fourth-order valence-electron chi connectivity index (χ4n) is 2.03. The highest BCUT2D eigenvalue weighted by atomic mass is 35.5. The largest absolute Gasteiger partial charge is 0.481 e. The van der Waals surface area contributed by atoms with Gasteiger partial charge in [-0.2, -0.15) is 11.8 Å². The lowest BCUT2D eigenvalue weighted by Crippen LogP contribution is -2.37. The number of rotatable bonds is 8. The van der Waals surface area contributed by atoms with Crippen LogP contribution in [0.3, 0.4) is 0 Å². The third kappa shape index (κ3) is 6.42. The summed E-state index contributed by atoms with van der Waals surface area (Å²) in [6.07, 6.45) is -0.635. The van der Waals surface area contributed by atoms with E-state index in [-0.39, 0.29) is 11.7 Å². The first-order valence-corrected chi connectivity index (χ1v) is 9.59. The van der Waals surface area contributed by atoms with Gasteiger partial charge in [0, 0.05) is 33.7 Å². The molecule has 7 heteroatoms. The highest BCUT2D eigenvalue weighted by Gasteiger charge is 2.14. The Morgan fingerprint density at radius 3 is 2.76 bits per heavy atom. The zero-order chi connectivity index (χ0) is 18.2. The maximum Gasteiger partial charge on any atom is 0.260 e. The number of halogens is 3. The molecule has 0 aromatic heterocycles. The second-order valence-corrected chi connectivity index (χ2v) is 7.21. The minimum Gasteiger partial charge on any atom is -0.481 e. The zero-order valence-corrected chi connectivity index (χ0v) is 15.9. The van der Waals surface area contributed by atoms with Crippen LogP contribution in [0.1, 0.15) is 12.5 Å². The Morgan fingerprint density at radius 2 is 2.04 bits per heavy atom. The molecular formula is C18H18Cl2FNO2S. The molecule has 0 aliphatic carbocycles. The molecule has 1 atom stereocenters. The number of carbonyl (C=O) groups excluding carboxylic acids is 1. The Labute approximate surface area is 160 Å². The monoisotopic (exact) mass is 401 g/mol. The molecule has 0 aliphatic rings. The number of nitrogens with one attached hydrogen (secondary N) is 1. The van der Waals surface area contributed by atoms with Gasteiger partial charge in [-0.15, -0.1) is 0 Å². The molecule has 134 valence electrons. The van der Waals surface area contributed by atoms with E-state index in [0.717, 1.165) is 0 Å². The van der Waals surface area contributed by atoms with Crippen molar-refractivity contribution in [2.45, 2.75) is 18.8 Å². The van der Waals surface area contributed by atoms with Gasteiger partial charge in [0.05, 0.1) is 0 Å². The van der Waals surface area contributed by atoms with Gasteiger partial charge in [0.25, 0.3) is 5.91 Å². The van der Waals surface area contributed by atoms with E-state index in [4.69, 9.17) is 27.9 Å². The lowest BCUT2D eigenvalue weighted by atomic mass is 10.2. The van der Waals surface area contributed by atoms with Crippen LogP contribution in [0.5, 0.6) is 5.75 Å². The second kappa shape index (κ2) is 9.90. The summed E-state index contributed by atoms with van der Waals surface area (Å²) in [5.41, 5.74) is 0.484. The van der Waals surface area contributed by atoms with Crippen LogP contribution in [0.25, 0.3) is 0 Å². The molecule has 0 bridgehead atoms. The first-order chi connectivity index (χ1) is 12.0. The third-order valence-corrected chi connectivity index (χ3v) is 4.91. The van der Waals surface area contributed by atoms with Crippen molar-refractivity contribution in [2.75, 3.05) is 12.3 Å². The van der Waals surface area contributed by atoms with Gasteiger partial charge in [-0.05, 0) is 37.3 Å². The van der Waals surface area contributed by atoms with Crippen LogP contribution in [-0.2, 0) is 10.5 Å². The molecule has 0 spiro atoms. The molecule has 2 rings (SSSR count). The Balaban J connectivity index is 1.69. The SMILES string of the molecule is C[C@H](Oc1cccc(Cl)c1)C(=O)NCCSCc1c(F)cccc1Cl. The van der Waals surface area contributed by atoms with E-state index in [0.29, 0.717) is 39.4 Å². The van der Waals surface area contributed by atoms with Crippen molar-refractivity contribution >= 4 is 40.9 Å². The molecule has 0 saturated heterocycles. The Hall–Kier alpha value is -1.43. The van der Waals surface area contributed by atoms with Crippen LogP contribution < -0.4 is 10.1 Å². The maximum atomic E-state index is 13.6. The molecule has 0 unspecified atom stereocenters. The summed E-state index contributed by atoms with van der Waals surface area (Å²) in [5, 5.41) is 3.75. The average Bonchev–Trinajstić information content (AvgIpc) is 2.56. The molecule has 0 heterocycles. The number of thioether (sulfide) groups is 1. The lowest BCUT2D eigenvalue weighted by molar-refractivity contribution is -0.127. The first kappa shape index (κ1) is 19.9. The highest BCUT2D eigenvalue weighted by molar-refractivity contribution is 7.98. The highest BCUT2D eigenvalue weighted by Crippen LogP contribution is 2.23. The number of carbonyl (C=O) groups is 1. The molecule has 0 aliphatic heterocycles. The van der Waals surface area contributed by atoms with Gasteiger partial charge in [-0.3, -0.25) is 4.79 Å². The van der Waals surface area contributed by atoms with Gasteiger partial charge in [0.15, 0.2) is 6.10 Å². The normalized spacial score (nSPS) is 11.8. The summed E-state index contributed by atoms with van der Waals surface area (Å²) < 4.78 is 19.2. The van der Waals surface area contributed by atoms with Crippen molar-refractivity contribution in [3.05, 3.63) is 63.9 Å². The fourth-order valence-corrected chi connectivity index (χ4v) is 3.41. The minimum atomic E-state index is -0.635. The predicted molar refractivity (Wildman–Crippen MR) is 102 cm³/mol. The molecule has 25 heavy (non-hydrogen) atoms. The average molecular weight is 402 g/mol. The maximum absolute atomic E-state index is 13.6. The van der Waals surface area contributed by atoms with Crippen LogP contribution in [0.4, 0.5) is 4.39 Å². The summed E-state index contributed by atoms with van der Waals surface area (Å²) in [4.78, 5) is 12.0. The van der Waals surface area contributed by atoms with Gasteiger partial charge in [-0.1, -0.05) is 35.3 Å². The van der Waals surface area contributed by atoms with E-state index < -0.39 is 6.10 Å². The molecule has 0 fully saturated rings. The van der Waals surface area contributed by atoms with E-state index >= 15 is 0 Å². The molecule has 2 aromatic rings. The van der Waals surface area contributed by atoms with Crippen molar-refractivity contribution in [3.8, 4) is 5.75 Å². The quantitative estimate of drug-likeness (QED) is 0.635. The molecule has 2 aromatic carbocycles. The van der Waals surface area contributed by atoms with Gasteiger partial charge < -0.3 is 10.1 Å². The van der Waals surface area contributed by atoms with Crippen LogP contribution in [-0.4, -0.2) is 24.3 Å². The first-order valence-electron chi connectivity index (χ1n) is 7.68. The van der Waals surface area contributed by atoms with Crippen molar-refractivity contribution in [3.63, 3.8) is 0 Å². The van der Waals surface area contributed by atoms with Crippen LogP contribution in [0.2, 0.25) is 10.0 Å². The van der Waals surface area contributed by atoms with E-state index in [9.17, 15) is 9.18 Å². The summed E-state index contributed by atoms with van der Waals surface area (Å²) >= 11 is 13.3. The van der Waals surface area contributed by atoms with Gasteiger partial charge in [0.2, 0.25) is 0 Å². The molecule has 1 amide bonds. The predicted octanol–water partition coefficient (Wildman–Crippen LogP) is 4.95. The van der Waals surface area contributed by atoms with E-state index in [1.165, 1.54) is 17.8 Å². The number of ether oxygens (including phenoxy) is 1.